The number of amidine groups is 1. The third-order valence-corrected chi connectivity index (χ3v) is 8.66. The zero-order valence-electron chi connectivity index (χ0n) is 23.1. The van der Waals surface area contributed by atoms with Gasteiger partial charge in [0.05, 0.1) is 35.4 Å². The van der Waals surface area contributed by atoms with Crippen molar-refractivity contribution in [2.45, 2.75) is 13.5 Å². The Hall–Kier alpha value is -3.31. The molecule has 11 heteroatoms. The monoisotopic (exact) mass is 669 g/mol. The Balaban J connectivity index is 1.37. The van der Waals surface area contributed by atoms with E-state index in [1.165, 1.54) is 11.8 Å². The Morgan fingerprint density at radius 1 is 1.14 bits per heavy atom. The van der Waals surface area contributed by atoms with Crippen LogP contribution in [0.15, 0.2) is 75.0 Å². The first-order chi connectivity index (χ1) is 20.4. The summed E-state index contributed by atoms with van der Waals surface area (Å²) in [6.45, 7) is 4.83. The Bertz CT molecular complexity index is 1560. The Morgan fingerprint density at radius 3 is 2.67 bits per heavy atom. The summed E-state index contributed by atoms with van der Waals surface area (Å²) in [5.74, 6) is 0.855. The van der Waals surface area contributed by atoms with Gasteiger partial charge in [0.1, 0.15) is 6.61 Å². The molecule has 5 rings (SSSR count). The molecule has 0 saturated carbocycles. The van der Waals surface area contributed by atoms with Crippen LogP contribution in [0.1, 0.15) is 28.4 Å². The normalized spacial score (nSPS) is 17.3. The second-order valence-corrected chi connectivity index (χ2v) is 11.7. The molecule has 2 fully saturated rings. The predicted octanol–water partition coefficient (Wildman–Crippen LogP) is 6.79. The fourth-order valence-electron chi connectivity index (χ4n) is 4.52. The van der Waals surface area contributed by atoms with Gasteiger partial charge in [-0.15, -0.1) is 0 Å². The molecular formula is C31H29BrClN3O5S. The Morgan fingerprint density at radius 2 is 1.93 bits per heavy atom. The number of carbonyl (C=O) groups excluding carboxylic acids is 2. The highest BCUT2D eigenvalue weighted by Crippen LogP contribution is 2.40. The van der Waals surface area contributed by atoms with Crippen molar-refractivity contribution >= 4 is 68.0 Å². The van der Waals surface area contributed by atoms with E-state index in [0.29, 0.717) is 75.2 Å². The van der Waals surface area contributed by atoms with Crippen molar-refractivity contribution < 1.29 is 23.8 Å². The van der Waals surface area contributed by atoms with E-state index in [2.05, 4.69) is 15.9 Å². The fraction of sp³-hybridized carbons (Fsp3) is 0.258. The number of likely N-dealkylation sites (N-methyl/N-ethyl adjacent to an activating group) is 1. The highest BCUT2D eigenvalue weighted by atomic mass is 79.9. The summed E-state index contributed by atoms with van der Waals surface area (Å²) >= 11 is 11.2. The van der Waals surface area contributed by atoms with E-state index in [-0.39, 0.29) is 18.4 Å². The molecule has 218 valence electrons. The van der Waals surface area contributed by atoms with E-state index < -0.39 is 0 Å². The number of rotatable bonds is 8. The average molecular weight is 671 g/mol. The van der Waals surface area contributed by atoms with E-state index in [1.807, 2.05) is 55.5 Å². The van der Waals surface area contributed by atoms with Crippen molar-refractivity contribution in [3.63, 3.8) is 0 Å². The first-order valence-electron chi connectivity index (χ1n) is 13.4. The molecule has 3 aromatic carbocycles. The standard InChI is InChI=1S/C31H29BrClN3O5S/c1-3-36-30(38)27(42-31(36)34-23-9-6-8-21(18-23)29(37)35-11-13-40-14-12-35)17-20-15-24(32)28(26(16-20)39-2)41-19-22-7-4-5-10-25(22)33/h4-10,15-18H,3,11-14,19H2,1-2H3/b27-17+,34-31?. The number of thioether (sulfide) groups is 1. The van der Waals surface area contributed by atoms with E-state index in [0.717, 1.165) is 11.1 Å². The lowest BCUT2D eigenvalue weighted by Crippen LogP contribution is -2.40. The Kier molecular flexibility index (Phi) is 9.89. The van der Waals surface area contributed by atoms with Crippen LogP contribution in [-0.4, -0.2) is 66.7 Å². The van der Waals surface area contributed by atoms with Crippen LogP contribution in [0.4, 0.5) is 5.69 Å². The van der Waals surface area contributed by atoms with Gasteiger partial charge in [-0.1, -0.05) is 35.9 Å². The molecule has 2 aliphatic rings. The maximum absolute atomic E-state index is 13.3. The molecule has 2 heterocycles. The minimum atomic E-state index is -0.143. The number of halogens is 2. The Labute approximate surface area is 262 Å². The van der Waals surface area contributed by atoms with Crippen LogP contribution in [-0.2, 0) is 16.1 Å². The summed E-state index contributed by atoms with van der Waals surface area (Å²) in [6.07, 6.45) is 1.81. The minimum Gasteiger partial charge on any atom is -0.493 e. The summed E-state index contributed by atoms with van der Waals surface area (Å²) in [6, 6.07) is 18.4. The number of nitrogens with zero attached hydrogens (tertiary/aromatic N) is 3. The van der Waals surface area contributed by atoms with Gasteiger partial charge in [0.25, 0.3) is 11.8 Å². The summed E-state index contributed by atoms with van der Waals surface area (Å²) in [5, 5.41) is 1.18. The van der Waals surface area contributed by atoms with Gasteiger partial charge in [-0.3, -0.25) is 14.5 Å². The lowest BCUT2D eigenvalue weighted by Gasteiger charge is -2.26. The van der Waals surface area contributed by atoms with Crippen LogP contribution in [0.25, 0.3) is 6.08 Å². The molecule has 2 amide bonds. The minimum absolute atomic E-state index is 0.0535. The van der Waals surface area contributed by atoms with Gasteiger partial charge < -0.3 is 19.1 Å². The van der Waals surface area contributed by atoms with E-state index in [9.17, 15) is 9.59 Å². The number of aliphatic imine (C=N–C) groups is 1. The van der Waals surface area contributed by atoms with Gasteiger partial charge in [-0.25, -0.2) is 4.99 Å². The van der Waals surface area contributed by atoms with Crippen LogP contribution in [0.2, 0.25) is 5.02 Å². The molecule has 42 heavy (non-hydrogen) atoms. The molecule has 2 saturated heterocycles. The lowest BCUT2D eigenvalue weighted by atomic mass is 10.1. The van der Waals surface area contributed by atoms with Crippen LogP contribution in [0.3, 0.4) is 0 Å². The van der Waals surface area contributed by atoms with Crippen molar-refractivity contribution in [2.75, 3.05) is 40.0 Å². The maximum Gasteiger partial charge on any atom is 0.266 e. The van der Waals surface area contributed by atoms with Crippen molar-refractivity contribution in [1.29, 1.82) is 0 Å². The molecule has 0 unspecified atom stereocenters. The molecular weight excluding hydrogens is 642 g/mol. The SMILES string of the molecule is CCN1C(=O)/C(=C\c2cc(Br)c(OCc3ccccc3Cl)c(OC)c2)SC1=Nc1cccc(C(=O)N2CCOCC2)c1. The molecule has 2 aliphatic heterocycles. The van der Waals surface area contributed by atoms with Crippen molar-refractivity contribution in [3.05, 3.63) is 91.8 Å². The quantitative estimate of drug-likeness (QED) is 0.246. The number of methoxy groups -OCH3 is 1. The van der Waals surface area contributed by atoms with Crippen LogP contribution < -0.4 is 9.47 Å². The van der Waals surface area contributed by atoms with Crippen LogP contribution in [0, 0.1) is 0 Å². The number of carbonyl (C=O) groups is 2. The highest BCUT2D eigenvalue weighted by Gasteiger charge is 2.32. The number of amides is 2. The molecule has 0 radical (unpaired) electrons. The topological polar surface area (TPSA) is 80.7 Å². The number of ether oxygens (including phenoxy) is 3. The third-order valence-electron chi connectivity index (χ3n) is 6.70. The molecule has 3 aromatic rings. The smallest absolute Gasteiger partial charge is 0.266 e. The highest BCUT2D eigenvalue weighted by molar-refractivity contribution is 9.10. The average Bonchev–Trinajstić information content (AvgIpc) is 3.30. The van der Waals surface area contributed by atoms with E-state index in [1.54, 1.807) is 35.1 Å². The zero-order chi connectivity index (χ0) is 29.6. The van der Waals surface area contributed by atoms with Crippen LogP contribution >= 0.6 is 39.3 Å². The third kappa shape index (κ3) is 6.83. The first kappa shape index (κ1) is 30.2. The molecule has 0 aliphatic carbocycles. The van der Waals surface area contributed by atoms with Crippen molar-refractivity contribution in [1.82, 2.24) is 9.80 Å². The van der Waals surface area contributed by atoms with Gasteiger partial charge >= 0.3 is 0 Å². The summed E-state index contributed by atoms with van der Waals surface area (Å²) < 4.78 is 17.7. The van der Waals surface area contributed by atoms with Gasteiger partial charge in [0.2, 0.25) is 0 Å². The van der Waals surface area contributed by atoms with Gasteiger partial charge in [-0.2, -0.15) is 0 Å². The van der Waals surface area contributed by atoms with Gasteiger partial charge in [0, 0.05) is 35.8 Å². The number of benzene rings is 3. The zero-order valence-corrected chi connectivity index (χ0v) is 26.3. The summed E-state index contributed by atoms with van der Waals surface area (Å²) in [5.41, 5.74) is 2.78. The molecule has 0 atom stereocenters. The van der Waals surface area contributed by atoms with Crippen LogP contribution in [0.5, 0.6) is 11.5 Å². The largest absolute Gasteiger partial charge is 0.493 e. The summed E-state index contributed by atoms with van der Waals surface area (Å²) in [4.78, 5) is 35.0. The molecule has 0 N–H and O–H groups in total. The van der Waals surface area contributed by atoms with Crippen molar-refractivity contribution in [3.8, 4) is 11.5 Å². The molecule has 0 spiro atoms. The van der Waals surface area contributed by atoms with E-state index >= 15 is 0 Å². The number of morpholine rings is 1. The molecule has 0 aromatic heterocycles. The van der Waals surface area contributed by atoms with Gasteiger partial charge in [-0.05, 0) is 82.7 Å². The fourth-order valence-corrected chi connectivity index (χ4v) is 6.35. The van der Waals surface area contributed by atoms with Gasteiger partial charge in [0.15, 0.2) is 16.7 Å². The van der Waals surface area contributed by atoms with Crippen molar-refractivity contribution in [2.24, 2.45) is 4.99 Å². The summed E-state index contributed by atoms with van der Waals surface area (Å²) in [7, 11) is 1.57. The maximum atomic E-state index is 13.3. The molecule has 8 nitrogen and oxygen atoms in total. The second kappa shape index (κ2) is 13.8. The van der Waals surface area contributed by atoms with E-state index in [4.69, 9.17) is 30.8 Å². The number of hydrogen-bond acceptors (Lipinski definition) is 7. The lowest BCUT2D eigenvalue weighted by molar-refractivity contribution is -0.122. The number of hydrogen-bond donors (Lipinski definition) is 0. The molecule has 0 bridgehead atoms. The first-order valence-corrected chi connectivity index (χ1v) is 15.4. The second-order valence-electron chi connectivity index (χ2n) is 9.42. The predicted molar refractivity (Wildman–Crippen MR) is 170 cm³/mol.